The van der Waals surface area contributed by atoms with Gasteiger partial charge in [-0.25, -0.2) is 0 Å². The van der Waals surface area contributed by atoms with Gasteiger partial charge >= 0.3 is 0 Å². The van der Waals surface area contributed by atoms with Crippen LogP contribution in [0.2, 0.25) is 0 Å². The molecule has 1 atom stereocenters. The average molecular weight is 246 g/mol. The minimum absolute atomic E-state index is 0.245. The molecule has 1 unspecified atom stereocenters. The van der Waals surface area contributed by atoms with Crippen molar-refractivity contribution in [2.75, 3.05) is 5.32 Å². The molecule has 0 fully saturated rings. The molecule has 0 aliphatic rings. The number of nitrogens with one attached hydrogen (secondary N) is 1. The second kappa shape index (κ2) is 4.43. The van der Waals surface area contributed by atoms with E-state index in [0.717, 1.165) is 9.05 Å². The van der Waals surface area contributed by atoms with Crippen LogP contribution in [0.5, 0.6) is 0 Å². The second-order valence-corrected chi connectivity index (χ2v) is 4.57. The molecule has 1 heterocycles. The molecule has 1 rings (SSSR count). The molecule has 0 aromatic carbocycles. The minimum atomic E-state index is 0.245. The monoisotopic (exact) mass is 245 g/mol. The van der Waals surface area contributed by atoms with Crippen molar-refractivity contribution in [3.8, 4) is 12.3 Å². The number of halogens is 1. The van der Waals surface area contributed by atoms with E-state index in [1.807, 2.05) is 6.92 Å². The normalized spacial score (nSPS) is 12.1. The third-order valence-electron chi connectivity index (χ3n) is 1.19. The molecule has 0 radical (unpaired) electrons. The Hall–Kier alpha value is -0.600. The summed E-state index contributed by atoms with van der Waals surface area (Å²) in [4.78, 5) is 0. The van der Waals surface area contributed by atoms with Crippen molar-refractivity contribution in [3.63, 3.8) is 0 Å². The zero-order valence-corrected chi connectivity index (χ0v) is 8.94. The van der Waals surface area contributed by atoms with Gasteiger partial charge < -0.3 is 5.32 Å². The third-order valence-corrected chi connectivity index (χ3v) is 2.48. The SMILES string of the molecule is C#CCC(C)Nc1nnc(Br)s1. The smallest absolute Gasteiger partial charge is 0.206 e. The van der Waals surface area contributed by atoms with Crippen LogP contribution in [0.25, 0.3) is 0 Å². The highest BCUT2D eigenvalue weighted by Crippen LogP contribution is 2.20. The quantitative estimate of drug-likeness (QED) is 0.830. The van der Waals surface area contributed by atoms with Gasteiger partial charge in [-0.3, -0.25) is 0 Å². The Balaban J connectivity index is 2.47. The van der Waals surface area contributed by atoms with Crippen molar-refractivity contribution < 1.29 is 0 Å². The molecule has 0 saturated carbocycles. The van der Waals surface area contributed by atoms with Gasteiger partial charge in [-0.1, -0.05) is 11.3 Å². The van der Waals surface area contributed by atoms with Crippen LogP contribution >= 0.6 is 27.3 Å². The lowest BCUT2D eigenvalue weighted by atomic mass is 10.2. The average Bonchev–Trinajstić information content (AvgIpc) is 2.36. The summed E-state index contributed by atoms with van der Waals surface area (Å²) in [6.07, 6.45) is 5.85. The molecule has 12 heavy (non-hydrogen) atoms. The van der Waals surface area contributed by atoms with Crippen molar-refractivity contribution in [1.29, 1.82) is 0 Å². The summed E-state index contributed by atoms with van der Waals surface area (Å²) >= 11 is 4.68. The number of rotatable bonds is 3. The van der Waals surface area contributed by atoms with E-state index < -0.39 is 0 Å². The topological polar surface area (TPSA) is 37.8 Å². The summed E-state index contributed by atoms with van der Waals surface area (Å²) in [6, 6.07) is 0.245. The van der Waals surface area contributed by atoms with Crippen molar-refractivity contribution in [1.82, 2.24) is 10.2 Å². The number of aromatic nitrogens is 2. The summed E-state index contributed by atoms with van der Waals surface area (Å²) < 4.78 is 0.776. The predicted molar refractivity (Wildman–Crippen MR) is 54.1 cm³/mol. The van der Waals surface area contributed by atoms with E-state index in [1.54, 1.807) is 0 Å². The Labute approximate surface area is 83.7 Å². The minimum Gasteiger partial charge on any atom is -0.357 e. The van der Waals surface area contributed by atoms with Crippen molar-refractivity contribution in [3.05, 3.63) is 3.92 Å². The third kappa shape index (κ3) is 2.80. The summed E-state index contributed by atoms with van der Waals surface area (Å²) in [7, 11) is 0. The Morgan fingerprint density at radius 1 is 1.75 bits per heavy atom. The van der Waals surface area contributed by atoms with Gasteiger partial charge in [-0.05, 0) is 22.9 Å². The van der Waals surface area contributed by atoms with Gasteiger partial charge in [-0.2, -0.15) is 0 Å². The first-order valence-electron chi connectivity index (χ1n) is 3.41. The van der Waals surface area contributed by atoms with Gasteiger partial charge in [0.15, 0.2) is 3.92 Å². The standard InChI is InChI=1S/C7H8BrN3S/c1-3-4-5(2)9-7-11-10-6(8)12-7/h1,5H,4H2,2H3,(H,9,11). The van der Waals surface area contributed by atoms with E-state index in [-0.39, 0.29) is 6.04 Å². The molecular weight excluding hydrogens is 238 g/mol. The molecule has 0 saturated heterocycles. The lowest BCUT2D eigenvalue weighted by molar-refractivity contribution is 0.822. The summed E-state index contributed by atoms with van der Waals surface area (Å²) in [5, 5.41) is 11.6. The molecule has 0 spiro atoms. The maximum absolute atomic E-state index is 5.16. The van der Waals surface area contributed by atoms with Crippen LogP contribution in [-0.2, 0) is 0 Å². The Bertz CT molecular complexity index is 291. The molecule has 64 valence electrons. The first-order valence-corrected chi connectivity index (χ1v) is 5.02. The zero-order chi connectivity index (χ0) is 8.97. The number of hydrogen-bond donors (Lipinski definition) is 1. The highest BCUT2D eigenvalue weighted by atomic mass is 79.9. The van der Waals surface area contributed by atoms with Gasteiger partial charge in [-0.15, -0.1) is 22.5 Å². The summed E-state index contributed by atoms with van der Waals surface area (Å²) in [6.45, 7) is 2.01. The largest absolute Gasteiger partial charge is 0.357 e. The first-order chi connectivity index (χ1) is 5.72. The van der Waals surface area contributed by atoms with Gasteiger partial charge in [0.1, 0.15) is 0 Å². The van der Waals surface area contributed by atoms with Crippen LogP contribution in [-0.4, -0.2) is 16.2 Å². The van der Waals surface area contributed by atoms with E-state index in [4.69, 9.17) is 6.42 Å². The lowest BCUT2D eigenvalue weighted by Crippen LogP contribution is -2.13. The molecule has 1 aromatic heterocycles. The second-order valence-electron chi connectivity index (χ2n) is 2.31. The van der Waals surface area contributed by atoms with Crippen LogP contribution in [0.3, 0.4) is 0 Å². The van der Waals surface area contributed by atoms with Crippen LogP contribution in [0.15, 0.2) is 3.92 Å². The van der Waals surface area contributed by atoms with Crippen LogP contribution < -0.4 is 5.32 Å². The maximum atomic E-state index is 5.16. The van der Waals surface area contributed by atoms with Crippen molar-refractivity contribution in [2.45, 2.75) is 19.4 Å². The fourth-order valence-corrected chi connectivity index (χ4v) is 1.82. The van der Waals surface area contributed by atoms with Gasteiger partial charge in [0.2, 0.25) is 5.13 Å². The van der Waals surface area contributed by atoms with Crippen molar-refractivity contribution in [2.24, 2.45) is 0 Å². The summed E-state index contributed by atoms with van der Waals surface area (Å²) in [5.74, 6) is 2.58. The van der Waals surface area contributed by atoms with Crippen molar-refractivity contribution >= 4 is 32.4 Å². The van der Waals surface area contributed by atoms with Gasteiger partial charge in [0.25, 0.3) is 0 Å². The molecular formula is C7H8BrN3S. The molecule has 0 bridgehead atoms. The number of hydrogen-bond acceptors (Lipinski definition) is 4. The van der Waals surface area contributed by atoms with Crippen LogP contribution in [0.4, 0.5) is 5.13 Å². The highest BCUT2D eigenvalue weighted by molar-refractivity contribution is 9.11. The fourth-order valence-electron chi connectivity index (χ4n) is 0.702. The molecule has 1 N–H and O–H groups in total. The molecule has 0 aliphatic carbocycles. The number of nitrogens with zero attached hydrogens (tertiary/aromatic N) is 2. The Kier molecular flexibility index (Phi) is 3.50. The lowest BCUT2D eigenvalue weighted by Gasteiger charge is -2.07. The highest BCUT2D eigenvalue weighted by Gasteiger charge is 2.04. The fraction of sp³-hybridized carbons (Fsp3) is 0.429. The molecule has 5 heteroatoms. The first kappa shape index (κ1) is 9.49. The van der Waals surface area contributed by atoms with Crippen LogP contribution in [0.1, 0.15) is 13.3 Å². The predicted octanol–water partition coefficient (Wildman–Crippen LogP) is 2.12. The van der Waals surface area contributed by atoms with E-state index in [1.165, 1.54) is 11.3 Å². The van der Waals surface area contributed by atoms with Gasteiger partial charge in [0, 0.05) is 12.5 Å². The molecule has 0 aliphatic heterocycles. The maximum Gasteiger partial charge on any atom is 0.206 e. The molecule has 1 aromatic rings. The summed E-state index contributed by atoms with van der Waals surface area (Å²) in [5.41, 5.74) is 0. The molecule has 3 nitrogen and oxygen atoms in total. The van der Waals surface area contributed by atoms with Crippen LogP contribution in [0, 0.1) is 12.3 Å². The number of anilines is 1. The Morgan fingerprint density at radius 3 is 3.00 bits per heavy atom. The number of terminal acetylenes is 1. The van der Waals surface area contributed by atoms with E-state index in [0.29, 0.717) is 6.42 Å². The van der Waals surface area contributed by atoms with Gasteiger partial charge in [0.05, 0.1) is 0 Å². The van der Waals surface area contributed by atoms with E-state index in [9.17, 15) is 0 Å². The van der Waals surface area contributed by atoms with E-state index >= 15 is 0 Å². The molecule has 0 amide bonds. The van der Waals surface area contributed by atoms with E-state index in [2.05, 4.69) is 37.4 Å². The Morgan fingerprint density at radius 2 is 2.50 bits per heavy atom. The zero-order valence-electron chi connectivity index (χ0n) is 6.54.